The number of rotatable bonds is 3. The normalized spacial score (nSPS) is 11.7. The van der Waals surface area contributed by atoms with Crippen molar-refractivity contribution in [1.29, 1.82) is 0 Å². The molecule has 0 saturated heterocycles. The van der Waals surface area contributed by atoms with Crippen molar-refractivity contribution in [2.24, 2.45) is 0 Å². The Morgan fingerprint density at radius 3 is 2.07 bits per heavy atom. The van der Waals surface area contributed by atoms with Crippen LogP contribution in [-0.4, -0.2) is 19.5 Å². The minimum Gasteiger partial charge on any atom is -0.309 e. The Labute approximate surface area is 247 Å². The Morgan fingerprint density at radius 2 is 1.19 bits per heavy atom. The SMILES string of the molecule is c1ccc(-c2nc3ccccc3c3c2ccc2c3c3ccccc3n2-c2ccc(-c3ccc4ncccc4n3)cc2)cc1. The van der Waals surface area contributed by atoms with E-state index in [9.17, 15) is 0 Å². The Morgan fingerprint density at radius 1 is 0.419 bits per heavy atom. The molecule has 200 valence electrons. The lowest BCUT2D eigenvalue weighted by Crippen LogP contribution is -1.95. The van der Waals surface area contributed by atoms with E-state index in [1.165, 1.54) is 27.2 Å². The number of pyridine rings is 3. The van der Waals surface area contributed by atoms with Gasteiger partial charge in [0.05, 0.1) is 39.0 Å². The fourth-order valence-electron chi connectivity index (χ4n) is 6.49. The van der Waals surface area contributed by atoms with Gasteiger partial charge in [0, 0.05) is 49.9 Å². The lowest BCUT2D eigenvalue weighted by molar-refractivity contribution is 1.18. The number of hydrogen-bond acceptors (Lipinski definition) is 3. The monoisotopic (exact) mass is 548 g/mol. The summed E-state index contributed by atoms with van der Waals surface area (Å²) in [5, 5.41) is 6.04. The van der Waals surface area contributed by atoms with Crippen LogP contribution in [0.4, 0.5) is 0 Å². The largest absolute Gasteiger partial charge is 0.309 e. The summed E-state index contributed by atoms with van der Waals surface area (Å²) < 4.78 is 2.38. The minimum absolute atomic E-state index is 0.898. The number of aromatic nitrogens is 4. The fourth-order valence-corrected chi connectivity index (χ4v) is 6.49. The third-order valence-electron chi connectivity index (χ3n) is 8.42. The van der Waals surface area contributed by atoms with Gasteiger partial charge in [0.25, 0.3) is 0 Å². The van der Waals surface area contributed by atoms with E-state index in [0.29, 0.717) is 0 Å². The first-order valence-corrected chi connectivity index (χ1v) is 14.5. The van der Waals surface area contributed by atoms with E-state index in [1.54, 1.807) is 6.20 Å². The average Bonchev–Trinajstić information content (AvgIpc) is 3.42. The number of hydrogen-bond donors (Lipinski definition) is 0. The number of para-hydroxylation sites is 2. The Bertz CT molecular complexity index is 2490. The number of fused-ring (bicyclic) bond motifs is 8. The van der Waals surface area contributed by atoms with Gasteiger partial charge in [-0.25, -0.2) is 9.97 Å². The second-order valence-corrected chi connectivity index (χ2v) is 10.9. The van der Waals surface area contributed by atoms with E-state index < -0.39 is 0 Å². The van der Waals surface area contributed by atoms with Crippen LogP contribution in [-0.2, 0) is 0 Å². The second kappa shape index (κ2) is 9.33. The van der Waals surface area contributed by atoms with Gasteiger partial charge in [0.15, 0.2) is 0 Å². The summed E-state index contributed by atoms with van der Waals surface area (Å²) in [5.41, 5.74) is 10.4. The zero-order valence-corrected chi connectivity index (χ0v) is 23.1. The Hall–Kier alpha value is -5.87. The molecule has 0 aliphatic carbocycles. The predicted molar refractivity (Wildman–Crippen MR) is 178 cm³/mol. The molecule has 9 rings (SSSR count). The molecule has 0 unspecified atom stereocenters. The Kier molecular flexibility index (Phi) is 5.16. The van der Waals surface area contributed by atoms with Crippen LogP contribution in [0.2, 0.25) is 0 Å². The molecule has 0 spiro atoms. The number of nitrogens with zero attached hydrogens (tertiary/aromatic N) is 4. The van der Waals surface area contributed by atoms with E-state index in [1.807, 2.05) is 24.3 Å². The maximum absolute atomic E-state index is 5.17. The van der Waals surface area contributed by atoms with Crippen LogP contribution in [0.25, 0.3) is 82.7 Å². The molecule has 5 aromatic carbocycles. The van der Waals surface area contributed by atoms with Gasteiger partial charge in [0.2, 0.25) is 0 Å². The highest BCUT2D eigenvalue weighted by Gasteiger charge is 2.19. The molecule has 0 N–H and O–H groups in total. The molecule has 9 aromatic rings. The molecule has 43 heavy (non-hydrogen) atoms. The van der Waals surface area contributed by atoms with Gasteiger partial charge in [-0.05, 0) is 54.6 Å². The predicted octanol–water partition coefficient (Wildman–Crippen LogP) is 9.76. The molecule has 4 aromatic heterocycles. The van der Waals surface area contributed by atoms with Crippen LogP contribution in [0.5, 0.6) is 0 Å². The van der Waals surface area contributed by atoms with E-state index in [0.717, 1.165) is 55.5 Å². The lowest BCUT2D eigenvalue weighted by atomic mass is 9.96. The molecule has 0 atom stereocenters. The third kappa shape index (κ3) is 3.67. The van der Waals surface area contributed by atoms with Crippen LogP contribution in [0.3, 0.4) is 0 Å². The van der Waals surface area contributed by atoms with Crippen molar-refractivity contribution >= 4 is 54.5 Å². The highest BCUT2D eigenvalue weighted by molar-refractivity contribution is 6.29. The van der Waals surface area contributed by atoms with E-state index in [-0.39, 0.29) is 0 Å². The second-order valence-electron chi connectivity index (χ2n) is 10.9. The minimum atomic E-state index is 0.898. The summed E-state index contributed by atoms with van der Waals surface area (Å²) in [5.74, 6) is 0. The summed E-state index contributed by atoms with van der Waals surface area (Å²) in [6.45, 7) is 0. The molecule has 4 heteroatoms. The molecule has 0 radical (unpaired) electrons. The van der Waals surface area contributed by atoms with E-state index in [4.69, 9.17) is 9.97 Å². The molecule has 0 aliphatic heterocycles. The van der Waals surface area contributed by atoms with Crippen LogP contribution in [0.15, 0.2) is 146 Å². The molecular weight excluding hydrogens is 524 g/mol. The van der Waals surface area contributed by atoms with Gasteiger partial charge in [-0.1, -0.05) is 84.9 Å². The van der Waals surface area contributed by atoms with Crippen molar-refractivity contribution in [1.82, 2.24) is 19.5 Å². The number of benzene rings is 5. The van der Waals surface area contributed by atoms with Gasteiger partial charge >= 0.3 is 0 Å². The summed E-state index contributed by atoms with van der Waals surface area (Å²) >= 11 is 0. The van der Waals surface area contributed by atoms with Crippen LogP contribution >= 0.6 is 0 Å². The highest BCUT2D eigenvalue weighted by Crippen LogP contribution is 2.42. The van der Waals surface area contributed by atoms with Gasteiger partial charge < -0.3 is 4.57 Å². The Balaban J connectivity index is 1.31. The standard InChI is InChI=1S/C39H24N4/c1-2-9-26(10-3-1)39-30-20-23-36-38(37(30)28-11-4-6-13-32(28)42-39)29-12-5-7-15-35(29)43(36)27-18-16-25(17-19-27)31-21-22-33-34(41-31)14-8-24-40-33/h1-24H. The first kappa shape index (κ1) is 23.8. The zero-order chi connectivity index (χ0) is 28.3. The quantitative estimate of drug-likeness (QED) is 0.206. The lowest BCUT2D eigenvalue weighted by Gasteiger charge is -2.13. The molecular formula is C39H24N4. The third-order valence-corrected chi connectivity index (χ3v) is 8.42. The summed E-state index contributed by atoms with van der Waals surface area (Å²) in [6, 6.07) is 48.9. The first-order valence-electron chi connectivity index (χ1n) is 14.5. The fraction of sp³-hybridized carbons (Fsp3) is 0. The summed E-state index contributed by atoms with van der Waals surface area (Å²) in [6.07, 6.45) is 1.80. The molecule has 4 heterocycles. The molecule has 0 aliphatic rings. The molecule has 0 amide bonds. The van der Waals surface area contributed by atoms with Crippen LogP contribution in [0, 0.1) is 0 Å². The van der Waals surface area contributed by atoms with E-state index in [2.05, 4.69) is 125 Å². The summed E-state index contributed by atoms with van der Waals surface area (Å²) in [4.78, 5) is 14.4. The molecule has 0 bridgehead atoms. The van der Waals surface area contributed by atoms with Gasteiger partial charge in [-0.15, -0.1) is 0 Å². The van der Waals surface area contributed by atoms with Gasteiger partial charge in [0.1, 0.15) is 0 Å². The van der Waals surface area contributed by atoms with Crippen molar-refractivity contribution in [2.75, 3.05) is 0 Å². The van der Waals surface area contributed by atoms with Crippen LogP contribution in [0.1, 0.15) is 0 Å². The highest BCUT2D eigenvalue weighted by atomic mass is 15.0. The zero-order valence-electron chi connectivity index (χ0n) is 23.1. The van der Waals surface area contributed by atoms with Crippen molar-refractivity contribution in [3.05, 3.63) is 146 Å². The van der Waals surface area contributed by atoms with Gasteiger partial charge in [-0.3, -0.25) is 4.98 Å². The van der Waals surface area contributed by atoms with Crippen LogP contribution < -0.4 is 0 Å². The maximum Gasteiger partial charge on any atom is 0.0894 e. The topological polar surface area (TPSA) is 43.6 Å². The van der Waals surface area contributed by atoms with Crippen molar-refractivity contribution < 1.29 is 0 Å². The summed E-state index contributed by atoms with van der Waals surface area (Å²) in [7, 11) is 0. The molecule has 0 fully saturated rings. The van der Waals surface area contributed by atoms with Crippen molar-refractivity contribution in [3.63, 3.8) is 0 Å². The average molecular weight is 549 g/mol. The first-order chi connectivity index (χ1) is 21.3. The molecule has 4 nitrogen and oxygen atoms in total. The van der Waals surface area contributed by atoms with Crippen molar-refractivity contribution in [3.8, 4) is 28.2 Å². The van der Waals surface area contributed by atoms with Gasteiger partial charge in [-0.2, -0.15) is 0 Å². The smallest absolute Gasteiger partial charge is 0.0894 e. The molecule has 0 saturated carbocycles. The maximum atomic E-state index is 5.17. The van der Waals surface area contributed by atoms with E-state index >= 15 is 0 Å². The van der Waals surface area contributed by atoms with Crippen molar-refractivity contribution in [2.45, 2.75) is 0 Å².